The maximum atomic E-state index is 13.2. The number of imide groups is 1. The van der Waals surface area contributed by atoms with E-state index in [2.05, 4.69) is 15.5 Å². The number of aliphatic hydroxyl groups is 1. The normalized spacial score (nSPS) is 26.2. The van der Waals surface area contributed by atoms with Gasteiger partial charge in [0.1, 0.15) is 6.04 Å². The Morgan fingerprint density at radius 3 is 2.86 bits per heavy atom. The quantitative estimate of drug-likeness (QED) is 0.601. The Balaban J connectivity index is 1.53. The molecule has 1 aromatic carbocycles. The van der Waals surface area contributed by atoms with Crippen LogP contribution >= 0.6 is 0 Å². The highest BCUT2D eigenvalue weighted by Gasteiger charge is 2.40. The van der Waals surface area contributed by atoms with Crippen molar-refractivity contribution in [1.29, 1.82) is 0 Å². The maximum absolute atomic E-state index is 13.2. The van der Waals surface area contributed by atoms with Gasteiger partial charge in [0.2, 0.25) is 11.8 Å². The summed E-state index contributed by atoms with van der Waals surface area (Å²) < 4.78 is 0. The van der Waals surface area contributed by atoms with E-state index in [4.69, 9.17) is 0 Å². The van der Waals surface area contributed by atoms with Crippen LogP contribution in [0.2, 0.25) is 0 Å². The van der Waals surface area contributed by atoms with Crippen LogP contribution in [0.15, 0.2) is 18.2 Å². The molecule has 0 spiro atoms. The zero-order valence-electron chi connectivity index (χ0n) is 15.8. The van der Waals surface area contributed by atoms with Crippen LogP contribution in [0.3, 0.4) is 0 Å². The summed E-state index contributed by atoms with van der Waals surface area (Å²) in [6, 6.07) is 5.27. The van der Waals surface area contributed by atoms with Gasteiger partial charge in [0.05, 0.1) is 0 Å². The van der Waals surface area contributed by atoms with Crippen molar-refractivity contribution in [2.24, 2.45) is 5.92 Å². The molecule has 0 saturated carbocycles. The average Bonchev–Trinajstić information content (AvgIpc) is 2.86. The zero-order chi connectivity index (χ0) is 19.7. The van der Waals surface area contributed by atoms with Gasteiger partial charge in [0.15, 0.2) is 0 Å². The van der Waals surface area contributed by atoms with Crippen molar-refractivity contribution in [3.63, 3.8) is 0 Å². The van der Waals surface area contributed by atoms with E-state index in [1.54, 1.807) is 4.90 Å². The van der Waals surface area contributed by atoms with Gasteiger partial charge in [-0.3, -0.25) is 24.6 Å². The first-order chi connectivity index (χ1) is 13.6. The monoisotopic (exact) mass is 386 g/mol. The van der Waals surface area contributed by atoms with Gasteiger partial charge in [-0.1, -0.05) is 18.2 Å². The highest BCUT2D eigenvalue weighted by Crippen LogP contribution is 2.30. The third-order valence-corrected chi connectivity index (χ3v) is 5.85. The smallest absolute Gasteiger partial charge is 0.255 e. The molecule has 28 heavy (non-hydrogen) atoms. The Hall–Kier alpha value is -2.29. The van der Waals surface area contributed by atoms with E-state index in [0.717, 1.165) is 37.3 Å². The Morgan fingerprint density at radius 2 is 2.07 bits per heavy atom. The number of aliphatic hydroxyl groups excluding tert-OH is 1. The van der Waals surface area contributed by atoms with Crippen LogP contribution in [0.25, 0.3) is 0 Å². The lowest BCUT2D eigenvalue weighted by atomic mass is 10.0. The van der Waals surface area contributed by atoms with E-state index in [1.165, 1.54) is 0 Å². The molecule has 2 unspecified atom stereocenters. The number of rotatable bonds is 4. The number of nitrogens with zero attached hydrogens (tertiary/aromatic N) is 2. The topological polar surface area (TPSA) is 102 Å². The number of carbonyl (C=O) groups is 3. The van der Waals surface area contributed by atoms with E-state index in [-0.39, 0.29) is 36.7 Å². The van der Waals surface area contributed by atoms with E-state index < -0.39 is 6.04 Å². The van der Waals surface area contributed by atoms with Gasteiger partial charge < -0.3 is 15.3 Å². The maximum Gasteiger partial charge on any atom is 0.255 e. The SMILES string of the molecule is O=C1CCC(N2Cc3cccc(CN4CCNCC(CO)C4)c3C2=O)C(=O)N1. The minimum atomic E-state index is -0.591. The molecule has 150 valence electrons. The highest BCUT2D eigenvalue weighted by atomic mass is 16.3. The first kappa shape index (κ1) is 19.0. The molecule has 2 saturated heterocycles. The van der Waals surface area contributed by atoms with Crippen molar-refractivity contribution in [2.45, 2.75) is 32.0 Å². The lowest BCUT2D eigenvalue weighted by Crippen LogP contribution is -2.52. The number of fused-ring (bicyclic) bond motifs is 1. The van der Waals surface area contributed by atoms with Crippen molar-refractivity contribution >= 4 is 17.7 Å². The van der Waals surface area contributed by atoms with Crippen molar-refractivity contribution in [3.05, 3.63) is 34.9 Å². The van der Waals surface area contributed by atoms with Crippen LogP contribution in [0.5, 0.6) is 0 Å². The predicted octanol–water partition coefficient (Wildman–Crippen LogP) is -0.539. The van der Waals surface area contributed by atoms with Crippen molar-refractivity contribution < 1.29 is 19.5 Å². The highest BCUT2D eigenvalue weighted by molar-refractivity contribution is 6.05. The summed E-state index contributed by atoms with van der Waals surface area (Å²) >= 11 is 0. The predicted molar refractivity (Wildman–Crippen MR) is 101 cm³/mol. The third kappa shape index (κ3) is 3.67. The first-order valence-electron chi connectivity index (χ1n) is 9.86. The third-order valence-electron chi connectivity index (χ3n) is 5.85. The summed E-state index contributed by atoms with van der Waals surface area (Å²) in [6.07, 6.45) is 0.627. The Labute approximate surface area is 163 Å². The fourth-order valence-corrected chi connectivity index (χ4v) is 4.39. The van der Waals surface area contributed by atoms with Gasteiger partial charge in [-0.15, -0.1) is 0 Å². The first-order valence-corrected chi connectivity index (χ1v) is 9.86. The van der Waals surface area contributed by atoms with Crippen LogP contribution in [-0.4, -0.2) is 71.5 Å². The van der Waals surface area contributed by atoms with Crippen molar-refractivity contribution in [1.82, 2.24) is 20.4 Å². The molecule has 1 aromatic rings. The number of nitrogens with one attached hydrogen (secondary N) is 2. The van der Waals surface area contributed by atoms with E-state index in [0.29, 0.717) is 25.1 Å². The summed E-state index contributed by atoms with van der Waals surface area (Å²) in [5.74, 6) is -0.621. The summed E-state index contributed by atoms with van der Waals surface area (Å²) in [6.45, 7) is 4.44. The molecular formula is C20H26N4O4. The Bertz CT molecular complexity index is 796. The molecule has 3 N–H and O–H groups in total. The number of carbonyl (C=O) groups excluding carboxylic acids is 3. The number of hydrogen-bond donors (Lipinski definition) is 3. The largest absolute Gasteiger partial charge is 0.396 e. The molecule has 8 heteroatoms. The van der Waals surface area contributed by atoms with Gasteiger partial charge in [-0.25, -0.2) is 0 Å². The van der Waals surface area contributed by atoms with Gasteiger partial charge in [0.25, 0.3) is 5.91 Å². The molecule has 3 amide bonds. The molecule has 0 radical (unpaired) electrons. The van der Waals surface area contributed by atoms with Crippen LogP contribution in [0.1, 0.15) is 34.3 Å². The number of amides is 3. The number of hydrogen-bond acceptors (Lipinski definition) is 6. The second-order valence-electron chi connectivity index (χ2n) is 7.84. The molecule has 8 nitrogen and oxygen atoms in total. The molecule has 3 aliphatic heterocycles. The summed E-state index contributed by atoms with van der Waals surface area (Å²) in [5, 5.41) is 15.2. The minimum absolute atomic E-state index is 0.133. The minimum Gasteiger partial charge on any atom is -0.396 e. The molecule has 3 heterocycles. The molecule has 2 atom stereocenters. The second kappa shape index (κ2) is 7.98. The van der Waals surface area contributed by atoms with Crippen LogP contribution < -0.4 is 10.6 Å². The van der Waals surface area contributed by atoms with Gasteiger partial charge in [-0.2, -0.15) is 0 Å². The molecule has 4 rings (SSSR count). The van der Waals surface area contributed by atoms with Crippen LogP contribution in [0, 0.1) is 5.92 Å². The Kier molecular flexibility index (Phi) is 5.43. The Morgan fingerprint density at radius 1 is 1.21 bits per heavy atom. The lowest BCUT2D eigenvalue weighted by molar-refractivity contribution is -0.136. The molecule has 0 aromatic heterocycles. The number of benzene rings is 1. The van der Waals surface area contributed by atoms with Gasteiger partial charge in [-0.05, 0) is 17.5 Å². The summed E-state index contributed by atoms with van der Waals surface area (Å²) in [7, 11) is 0. The van der Waals surface area contributed by atoms with Crippen molar-refractivity contribution in [3.8, 4) is 0 Å². The fraction of sp³-hybridized carbons (Fsp3) is 0.550. The van der Waals surface area contributed by atoms with E-state index in [9.17, 15) is 19.5 Å². The summed E-state index contributed by atoms with van der Waals surface area (Å²) in [5.41, 5.74) is 2.57. The van der Waals surface area contributed by atoms with Gasteiger partial charge in [0, 0.05) is 63.8 Å². The summed E-state index contributed by atoms with van der Waals surface area (Å²) in [4.78, 5) is 40.7. The van der Waals surface area contributed by atoms with E-state index in [1.807, 2.05) is 18.2 Å². The van der Waals surface area contributed by atoms with Crippen LogP contribution in [-0.2, 0) is 22.7 Å². The molecule has 0 bridgehead atoms. The standard InChI is InChI=1S/C20H26N4O4/c25-12-13-8-21-6-7-23(9-13)10-14-2-1-3-15-11-24(20(28)18(14)15)16-4-5-17(26)22-19(16)27/h1-3,13,16,21,25H,4-12H2,(H,22,26,27). The van der Waals surface area contributed by atoms with Crippen LogP contribution in [0.4, 0.5) is 0 Å². The molecular weight excluding hydrogens is 360 g/mol. The zero-order valence-corrected chi connectivity index (χ0v) is 15.8. The second-order valence-corrected chi connectivity index (χ2v) is 7.84. The molecule has 0 aliphatic carbocycles. The average molecular weight is 386 g/mol. The molecule has 2 fully saturated rings. The lowest BCUT2D eigenvalue weighted by Gasteiger charge is -2.29. The van der Waals surface area contributed by atoms with E-state index >= 15 is 0 Å². The van der Waals surface area contributed by atoms with Crippen molar-refractivity contribution in [2.75, 3.05) is 32.8 Å². The van der Waals surface area contributed by atoms with Gasteiger partial charge >= 0.3 is 0 Å². The fourth-order valence-electron chi connectivity index (χ4n) is 4.39. The number of piperidine rings is 1. The molecule has 3 aliphatic rings.